The molecule has 0 radical (unpaired) electrons. The molecule has 2 N–H and O–H groups in total. The molecule has 1 aliphatic heterocycles. The number of para-hydroxylation sites is 1. The molecular weight excluding hydrogens is 278 g/mol. The Hall–Kier alpha value is -2.16. The van der Waals surface area contributed by atoms with Crippen molar-refractivity contribution in [1.29, 1.82) is 5.26 Å². The standard InChI is InChI=1S/C17H19N3O2/c1-12-3-2-4-14-15(12)19-10-13(9-18)16(14)20-11-17(21)5-7-22-8-6-17/h2-4,10,21H,5-8,11H2,1H3,(H,19,20). The van der Waals surface area contributed by atoms with E-state index in [1.807, 2.05) is 25.1 Å². The molecule has 0 aliphatic carbocycles. The van der Waals surface area contributed by atoms with Gasteiger partial charge >= 0.3 is 0 Å². The molecule has 5 nitrogen and oxygen atoms in total. The number of ether oxygens (including phenoxy) is 1. The molecule has 1 aromatic heterocycles. The molecule has 3 rings (SSSR count). The molecule has 0 atom stereocenters. The van der Waals surface area contributed by atoms with Crippen molar-refractivity contribution >= 4 is 16.6 Å². The van der Waals surface area contributed by atoms with E-state index in [4.69, 9.17) is 4.74 Å². The maximum atomic E-state index is 10.6. The number of aliphatic hydroxyl groups is 1. The van der Waals surface area contributed by atoms with Crippen LogP contribution in [0.4, 0.5) is 5.69 Å². The Morgan fingerprint density at radius 2 is 2.18 bits per heavy atom. The summed E-state index contributed by atoms with van der Waals surface area (Å²) in [6.07, 6.45) is 2.79. The summed E-state index contributed by atoms with van der Waals surface area (Å²) in [5.74, 6) is 0. The van der Waals surface area contributed by atoms with Gasteiger partial charge in [-0.15, -0.1) is 0 Å². The van der Waals surface area contributed by atoms with Crippen molar-refractivity contribution in [3.8, 4) is 6.07 Å². The lowest BCUT2D eigenvalue weighted by Gasteiger charge is -2.32. The number of hydrogen-bond donors (Lipinski definition) is 2. The fourth-order valence-electron chi connectivity index (χ4n) is 2.83. The van der Waals surface area contributed by atoms with Crippen LogP contribution in [0.25, 0.3) is 10.9 Å². The average Bonchev–Trinajstić information content (AvgIpc) is 2.53. The minimum absolute atomic E-state index is 0.401. The third-order valence-electron chi connectivity index (χ3n) is 4.24. The van der Waals surface area contributed by atoms with E-state index in [0.717, 1.165) is 22.2 Å². The van der Waals surface area contributed by atoms with Crippen molar-refractivity contribution in [2.75, 3.05) is 25.1 Å². The summed E-state index contributed by atoms with van der Waals surface area (Å²) in [6, 6.07) is 8.08. The highest BCUT2D eigenvalue weighted by Crippen LogP contribution is 2.29. The maximum Gasteiger partial charge on any atom is 0.103 e. The Morgan fingerprint density at radius 1 is 1.41 bits per heavy atom. The Balaban J connectivity index is 1.95. The molecule has 5 heteroatoms. The van der Waals surface area contributed by atoms with Crippen LogP contribution in [0.3, 0.4) is 0 Å². The molecule has 2 aromatic rings. The van der Waals surface area contributed by atoms with E-state index in [9.17, 15) is 10.4 Å². The normalized spacial score (nSPS) is 17.1. The lowest BCUT2D eigenvalue weighted by molar-refractivity contribution is -0.0543. The van der Waals surface area contributed by atoms with E-state index >= 15 is 0 Å². The summed E-state index contributed by atoms with van der Waals surface area (Å²) in [7, 11) is 0. The molecule has 2 heterocycles. The monoisotopic (exact) mass is 297 g/mol. The second-order valence-corrected chi connectivity index (χ2v) is 5.82. The quantitative estimate of drug-likeness (QED) is 0.909. The summed E-state index contributed by atoms with van der Waals surface area (Å²) in [5, 5.41) is 24.1. The fraction of sp³-hybridized carbons (Fsp3) is 0.412. The van der Waals surface area contributed by atoms with Gasteiger partial charge in [0.15, 0.2) is 0 Å². The molecule has 1 aromatic carbocycles. The van der Waals surface area contributed by atoms with E-state index in [0.29, 0.717) is 38.2 Å². The lowest BCUT2D eigenvalue weighted by atomic mass is 9.94. The molecule has 1 fully saturated rings. The summed E-state index contributed by atoms with van der Waals surface area (Å²) < 4.78 is 5.30. The van der Waals surface area contributed by atoms with Crippen LogP contribution in [0, 0.1) is 18.3 Å². The Bertz CT molecular complexity index is 730. The predicted octanol–water partition coefficient (Wildman–Crippen LogP) is 2.37. The molecule has 1 aliphatic rings. The number of aryl methyl sites for hydroxylation is 1. The van der Waals surface area contributed by atoms with Crippen LogP contribution in [-0.2, 0) is 4.74 Å². The van der Waals surface area contributed by atoms with Crippen molar-refractivity contribution in [3.63, 3.8) is 0 Å². The van der Waals surface area contributed by atoms with Crippen molar-refractivity contribution < 1.29 is 9.84 Å². The molecule has 0 saturated carbocycles. The van der Waals surface area contributed by atoms with Crippen LogP contribution in [0.1, 0.15) is 24.0 Å². The van der Waals surface area contributed by atoms with Gasteiger partial charge in [-0.1, -0.05) is 18.2 Å². The second-order valence-electron chi connectivity index (χ2n) is 5.82. The van der Waals surface area contributed by atoms with Crippen LogP contribution in [0.5, 0.6) is 0 Å². The number of pyridine rings is 1. The second kappa shape index (κ2) is 5.91. The molecule has 22 heavy (non-hydrogen) atoms. The molecule has 0 unspecified atom stereocenters. The number of benzene rings is 1. The zero-order valence-electron chi connectivity index (χ0n) is 12.6. The van der Waals surface area contributed by atoms with Crippen molar-refractivity contribution in [3.05, 3.63) is 35.5 Å². The zero-order valence-corrected chi connectivity index (χ0v) is 12.6. The van der Waals surface area contributed by atoms with E-state index in [1.165, 1.54) is 0 Å². The van der Waals surface area contributed by atoms with E-state index in [-0.39, 0.29) is 0 Å². The first kappa shape index (κ1) is 14.8. The van der Waals surface area contributed by atoms with Crippen LogP contribution >= 0.6 is 0 Å². The molecular formula is C17H19N3O2. The lowest BCUT2D eigenvalue weighted by Crippen LogP contribution is -2.42. The van der Waals surface area contributed by atoms with Gasteiger partial charge in [0, 0.05) is 44.2 Å². The van der Waals surface area contributed by atoms with E-state index in [1.54, 1.807) is 6.20 Å². The topological polar surface area (TPSA) is 78.2 Å². The van der Waals surface area contributed by atoms with Crippen molar-refractivity contribution in [1.82, 2.24) is 4.98 Å². The summed E-state index contributed by atoms with van der Waals surface area (Å²) in [5.41, 5.74) is 2.40. The summed E-state index contributed by atoms with van der Waals surface area (Å²) in [6.45, 7) is 3.54. The molecule has 0 spiro atoms. The highest BCUT2D eigenvalue weighted by atomic mass is 16.5. The van der Waals surface area contributed by atoms with Gasteiger partial charge in [0.1, 0.15) is 6.07 Å². The molecule has 1 saturated heterocycles. The SMILES string of the molecule is Cc1cccc2c(NCC3(O)CCOCC3)c(C#N)cnc12. The molecule has 0 bridgehead atoms. The van der Waals surface area contributed by atoms with Crippen LogP contribution < -0.4 is 5.32 Å². The zero-order chi connectivity index (χ0) is 15.6. The number of hydrogen-bond acceptors (Lipinski definition) is 5. The smallest absolute Gasteiger partial charge is 0.103 e. The Kier molecular flexibility index (Phi) is 3.97. The summed E-state index contributed by atoms with van der Waals surface area (Å²) in [4.78, 5) is 4.38. The predicted molar refractivity (Wildman–Crippen MR) is 84.7 cm³/mol. The van der Waals surface area contributed by atoms with Crippen LogP contribution in [-0.4, -0.2) is 35.5 Å². The number of nitriles is 1. The first-order chi connectivity index (χ1) is 10.6. The van der Waals surface area contributed by atoms with Gasteiger partial charge in [0.05, 0.1) is 22.4 Å². The van der Waals surface area contributed by atoms with Gasteiger partial charge in [-0.05, 0) is 12.5 Å². The van der Waals surface area contributed by atoms with Gasteiger partial charge in [-0.2, -0.15) is 5.26 Å². The number of nitrogens with zero attached hydrogens (tertiary/aromatic N) is 2. The average molecular weight is 297 g/mol. The highest BCUT2D eigenvalue weighted by molar-refractivity contribution is 5.95. The minimum atomic E-state index is -0.787. The van der Waals surface area contributed by atoms with Crippen molar-refractivity contribution in [2.45, 2.75) is 25.4 Å². The number of aromatic nitrogens is 1. The number of fused-ring (bicyclic) bond motifs is 1. The molecule has 114 valence electrons. The fourth-order valence-corrected chi connectivity index (χ4v) is 2.83. The van der Waals surface area contributed by atoms with Crippen LogP contribution in [0.2, 0.25) is 0 Å². The van der Waals surface area contributed by atoms with E-state index in [2.05, 4.69) is 16.4 Å². The van der Waals surface area contributed by atoms with Gasteiger partial charge in [0.25, 0.3) is 0 Å². The molecule has 0 amide bonds. The number of nitrogens with one attached hydrogen (secondary N) is 1. The maximum absolute atomic E-state index is 10.6. The van der Waals surface area contributed by atoms with Gasteiger partial charge < -0.3 is 15.2 Å². The van der Waals surface area contributed by atoms with Gasteiger partial charge in [-0.25, -0.2) is 0 Å². The number of anilines is 1. The first-order valence-corrected chi connectivity index (χ1v) is 7.45. The number of rotatable bonds is 3. The minimum Gasteiger partial charge on any atom is -0.388 e. The van der Waals surface area contributed by atoms with Crippen LogP contribution in [0.15, 0.2) is 24.4 Å². The van der Waals surface area contributed by atoms with Gasteiger partial charge in [0.2, 0.25) is 0 Å². The third kappa shape index (κ3) is 2.76. The first-order valence-electron chi connectivity index (χ1n) is 7.45. The van der Waals surface area contributed by atoms with Gasteiger partial charge in [-0.3, -0.25) is 4.98 Å². The van der Waals surface area contributed by atoms with E-state index < -0.39 is 5.60 Å². The Labute approximate surface area is 129 Å². The largest absolute Gasteiger partial charge is 0.388 e. The Morgan fingerprint density at radius 3 is 2.91 bits per heavy atom. The van der Waals surface area contributed by atoms with Crippen molar-refractivity contribution in [2.24, 2.45) is 0 Å². The highest BCUT2D eigenvalue weighted by Gasteiger charge is 2.30. The third-order valence-corrected chi connectivity index (χ3v) is 4.24. The summed E-state index contributed by atoms with van der Waals surface area (Å²) >= 11 is 0.